The van der Waals surface area contributed by atoms with Crippen LogP contribution >= 0.6 is 11.6 Å². The van der Waals surface area contributed by atoms with Gasteiger partial charge in [0.2, 0.25) is 11.6 Å². The highest BCUT2D eigenvalue weighted by Gasteiger charge is 2.21. The van der Waals surface area contributed by atoms with E-state index in [1.54, 1.807) is 0 Å². The molecule has 12 heteroatoms. The molecule has 1 aromatic heterocycles. The lowest BCUT2D eigenvalue weighted by Gasteiger charge is -2.09. The van der Waals surface area contributed by atoms with Crippen LogP contribution in [-0.2, 0) is 6.61 Å². The number of amides is 1. The van der Waals surface area contributed by atoms with Gasteiger partial charge in [-0.1, -0.05) is 11.6 Å². The number of furan rings is 1. The van der Waals surface area contributed by atoms with Gasteiger partial charge in [-0.05, 0) is 30.3 Å². The summed E-state index contributed by atoms with van der Waals surface area (Å²) in [6, 6.07) is 5.99. The van der Waals surface area contributed by atoms with Crippen molar-refractivity contribution in [2.45, 2.75) is 13.2 Å². The van der Waals surface area contributed by atoms with Crippen molar-refractivity contribution in [3.63, 3.8) is 0 Å². The lowest BCUT2D eigenvalue weighted by Crippen LogP contribution is -2.11. The molecule has 1 amide bonds. The van der Waals surface area contributed by atoms with Gasteiger partial charge in [-0.2, -0.15) is 17.6 Å². The minimum absolute atomic E-state index is 0.0330. The van der Waals surface area contributed by atoms with Crippen LogP contribution in [0.15, 0.2) is 40.8 Å². The summed E-state index contributed by atoms with van der Waals surface area (Å²) >= 11 is 5.79. The van der Waals surface area contributed by atoms with Crippen molar-refractivity contribution in [3.8, 4) is 11.5 Å². The lowest BCUT2D eigenvalue weighted by atomic mass is 10.3. The molecular weight excluding hydrogens is 456 g/mol. The molecule has 31 heavy (non-hydrogen) atoms. The van der Waals surface area contributed by atoms with Crippen molar-refractivity contribution in [1.82, 2.24) is 0 Å². The topological polar surface area (TPSA) is 60.7 Å². The van der Waals surface area contributed by atoms with Crippen molar-refractivity contribution >= 4 is 23.2 Å². The van der Waals surface area contributed by atoms with Crippen molar-refractivity contribution in [2.24, 2.45) is 0 Å². The molecule has 0 aliphatic rings. The normalized spacial score (nSPS) is 11.0. The highest BCUT2D eigenvalue weighted by molar-refractivity contribution is 6.32. The van der Waals surface area contributed by atoms with Gasteiger partial charge in [0.05, 0.1) is 5.02 Å². The molecule has 3 rings (SSSR count). The fourth-order valence-corrected chi connectivity index (χ4v) is 2.59. The van der Waals surface area contributed by atoms with Crippen LogP contribution in [0.2, 0.25) is 5.02 Å². The molecule has 0 saturated carbocycles. The number of halogens is 7. The minimum atomic E-state index is -3.08. The fourth-order valence-electron chi connectivity index (χ4n) is 2.36. The Balaban J connectivity index is 1.66. The van der Waals surface area contributed by atoms with E-state index in [1.165, 1.54) is 18.2 Å². The Morgan fingerprint density at radius 1 is 1.03 bits per heavy atom. The number of carbonyl (C=O) groups excluding carboxylic acids is 1. The maximum absolute atomic E-state index is 13.6. The zero-order chi connectivity index (χ0) is 22.7. The van der Waals surface area contributed by atoms with Crippen LogP contribution in [-0.4, -0.2) is 12.5 Å². The number of hydrogen-bond acceptors (Lipinski definition) is 4. The summed E-state index contributed by atoms with van der Waals surface area (Å²) < 4.78 is 92.1. The molecule has 5 nitrogen and oxygen atoms in total. The zero-order valence-corrected chi connectivity index (χ0v) is 15.8. The first-order chi connectivity index (χ1) is 14.7. The van der Waals surface area contributed by atoms with E-state index in [9.17, 15) is 31.1 Å². The van der Waals surface area contributed by atoms with Crippen LogP contribution in [0.3, 0.4) is 0 Å². The molecule has 3 aromatic rings. The predicted octanol–water partition coefficient (Wildman–Crippen LogP) is 5.92. The molecule has 0 aliphatic heterocycles. The SMILES string of the molecule is O=C(Nc1ccc(OC(F)F)c(Cl)c1)c1ccc(COc2c(F)c(F)cc(F)c2F)o1. The number of ether oxygens (including phenoxy) is 2. The largest absolute Gasteiger partial charge is 0.479 e. The third-order valence-electron chi connectivity index (χ3n) is 3.72. The fraction of sp³-hybridized carbons (Fsp3) is 0.105. The van der Waals surface area contributed by atoms with Gasteiger partial charge in [0.15, 0.2) is 23.1 Å². The summed E-state index contributed by atoms with van der Waals surface area (Å²) in [7, 11) is 0. The quantitative estimate of drug-likeness (QED) is 0.347. The van der Waals surface area contributed by atoms with E-state index in [-0.39, 0.29) is 34.0 Å². The summed E-state index contributed by atoms with van der Waals surface area (Å²) in [5.74, 6) is -9.42. The first-order valence-electron chi connectivity index (χ1n) is 8.26. The van der Waals surface area contributed by atoms with Crippen LogP contribution in [0.5, 0.6) is 11.5 Å². The molecule has 0 fully saturated rings. The number of carbonyl (C=O) groups is 1. The smallest absolute Gasteiger partial charge is 0.387 e. The van der Waals surface area contributed by atoms with E-state index in [0.29, 0.717) is 0 Å². The molecule has 0 spiro atoms. The van der Waals surface area contributed by atoms with E-state index >= 15 is 0 Å². The van der Waals surface area contributed by atoms with Gasteiger partial charge >= 0.3 is 6.61 Å². The summed E-state index contributed by atoms with van der Waals surface area (Å²) in [6.07, 6.45) is 0. The molecule has 0 saturated heterocycles. The maximum Gasteiger partial charge on any atom is 0.387 e. The number of benzene rings is 2. The molecule has 0 radical (unpaired) electrons. The summed E-state index contributed by atoms with van der Waals surface area (Å²) in [5, 5.41) is 2.20. The maximum atomic E-state index is 13.6. The highest BCUT2D eigenvalue weighted by Crippen LogP contribution is 2.30. The second-order valence-corrected chi connectivity index (χ2v) is 6.24. The first kappa shape index (κ1) is 22.3. The van der Waals surface area contributed by atoms with Crippen molar-refractivity contribution in [3.05, 3.63) is 76.2 Å². The van der Waals surface area contributed by atoms with Gasteiger partial charge in [-0.3, -0.25) is 4.79 Å². The molecule has 2 aromatic carbocycles. The third kappa shape index (κ3) is 5.23. The molecule has 0 aliphatic carbocycles. The average Bonchev–Trinajstić information content (AvgIpc) is 3.17. The Morgan fingerprint density at radius 2 is 1.71 bits per heavy atom. The van der Waals surface area contributed by atoms with Crippen LogP contribution in [0.25, 0.3) is 0 Å². The lowest BCUT2D eigenvalue weighted by molar-refractivity contribution is -0.0497. The number of rotatable bonds is 7. The third-order valence-corrected chi connectivity index (χ3v) is 4.02. The Kier molecular flexibility index (Phi) is 6.64. The van der Waals surface area contributed by atoms with Gasteiger partial charge in [0.25, 0.3) is 5.91 Å². The van der Waals surface area contributed by atoms with Gasteiger partial charge in [0.1, 0.15) is 18.1 Å². The van der Waals surface area contributed by atoms with Crippen LogP contribution in [0.1, 0.15) is 16.3 Å². The molecule has 0 bridgehead atoms. The van der Waals surface area contributed by atoms with Crippen LogP contribution in [0.4, 0.5) is 32.0 Å². The predicted molar refractivity (Wildman–Crippen MR) is 95.4 cm³/mol. The number of hydrogen-bond donors (Lipinski definition) is 1. The van der Waals surface area contributed by atoms with E-state index in [2.05, 4.69) is 10.1 Å². The highest BCUT2D eigenvalue weighted by atomic mass is 35.5. The molecule has 164 valence electrons. The Bertz CT molecular complexity index is 1090. The average molecular weight is 466 g/mol. The van der Waals surface area contributed by atoms with Gasteiger partial charge in [0, 0.05) is 11.8 Å². The first-order valence-corrected chi connectivity index (χ1v) is 8.63. The van der Waals surface area contributed by atoms with Crippen molar-refractivity contribution in [1.29, 1.82) is 0 Å². The minimum Gasteiger partial charge on any atom is -0.479 e. The number of nitrogens with one attached hydrogen (secondary N) is 1. The number of anilines is 1. The van der Waals surface area contributed by atoms with E-state index in [4.69, 9.17) is 20.8 Å². The Hall–Kier alpha value is -3.34. The van der Waals surface area contributed by atoms with Crippen LogP contribution < -0.4 is 14.8 Å². The summed E-state index contributed by atoms with van der Waals surface area (Å²) in [6.45, 7) is -3.72. The van der Waals surface area contributed by atoms with Gasteiger partial charge in [-0.25, -0.2) is 8.78 Å². The molecule has 0 unspecified atom stereocenters. The second kappa shape index (κ2) is 9.21. The van der Waals surface area contributed by atoms with Gasteiger partial charge in [-0.15, -0.1) is 0 Å². The van der Waals surface area contributed by atoms with Crippen LogP contribution in [0, 0.1) is 23.3 Å². The summed E-state index contributed by atoms with van der Waals surface area (Å²) in [4.78, 5) is 12.2. The number of alkyl halides is 2. The standard InChI is InChI=1S/C19H10ClF6NO4/c20-10-5-8(1-3-13(10)31-19(25)26)27-18(28)14-4-2-9(30-14)7-29-17-15(23)11(21)6-12(22)16(17)24/h1-6,19H,7H2,(H,27,28). The Morgan fingerprint density at radius 3 is 2.32 bits per heavy atom. The van der Waals surface area contributed by atoms with E-state index in [1.807, 2.05) is 0 Å². The van der Waals surface area contributed by atoms with Crippen molar-refractivity contribution < 1.29 is 45.0 Å². The van der Waals surface area contributed by atoms with Gasteiger partial charge < -0.3 is 19.2 Å². The van der Waals surface area contributed by atoms with E-state index in [0.717, 1.165) is 12.1 Å². The second-order valence-electron chi connectivity index (χ2n) is 5.83. The monoisotopic (exact) mass is 465 g/mol. The van der Waals surface area contributed by atoms with Crippen molar-refractivity contribution in [2.75, 3.05) is 5.32 Å². The Labute approximate surface area is 175 Å². The molecular formula is C19H10ClF6NO4. The molecule has 1 N–H and O–H groups in total. The summed E-state index contributed by atoms with van der Waals surface area (Å²) in [5.41, 5.74) is 0.130. The molecule has 1 heterocycles. The molecule has 0 atom stereocenters. The zero-order valence-electron chi connectivity index (χ0n) is 15.0. The van der Waals surface area contributed by atoms with E-state index < -0.39 is 48.1 Å².